The minimum atomic E-state index is 0.318. The summed E-state index contributed by atoms with van der Waals surface area (Å²) in [4.78, 5) is 10.8. The third-order valence-electron chi connectivity index (χ3n) is 4.02. The average Bonchev–Trinajstić information content (AvgIpc) is 2.95. The highest BCUT2D eigenvalue weighted by molar-refractivity contribution is 5.68. The van der Waals surface area contributed by atoms with E-state index in [1.165, 1.54) is 12.7 Å². The van der Waals surface area contributed by atoms with Crippen molar-refractivity contribution in [3.63, 3.8) is 0 Å². The lowest BCUT2D eigenvalue weighted by molar-refractivity contribution is 0.0253. The van der Waals surface area contributed by atoms with E-state index in [0.717, 1.165) is 38.2 Å². The monoisotopic (exact) mass is 278 g/mol. The zero-order valence-electron chi connectivity index (χ0n) is 11.9. The Bertz CT molecular complexity index is 468. The lowest BCUT2D eigenvalue weighted by Gasteiger charge is -2.38. The van der Waals surface area contributed by atoms with Crippen LogP contribution in [-0.2, 0) is 4.74 Å². The molecule has 0 spiro atoms. The molecule has 1 aromatic rings. The van der Waals surface area contributed by atoms with Crippen LogP contribution in [-0.4, -0.2) is 41.9 Å². The van der Waals surface area contributed by atoms with Crippen LogP contribution in [0.5, 0.6) is 5.88 Å². The number of ether oxygens (including phenoxy) is 2. The third kappa shape index (κ3) is 2.40. The molecule has 2 aliphatic rings. The summed E-state index contributed by atoms with van der Waals surface area (Å²) in [7, 11) is 0. The minimum Gasteiger partial charge on any atom is -0.476 e. The van der Waals surface area contributed by atoms with E-state index < -0.39 is 0 Å². The molecule has 6 heteroatoms. The van der Waals surface area contributed by atoms with Gasteiger partial charge in [-0.05, 0) is 25.7 Å². The van der Waals surface area contributed by atoms with Crippen LogP contribution in [0.25, 0.3) is 0 Å². The van der Waals surface area contributed by atoms with Crippen molar-refractivity contribution in [3.8, 4) is 5.88 Å². The Morgan fingerprint density at radius 2 is 2.35 bits per heavy atom. The van der Waals surface area contributed by atoms with Crippen molar-refractivity contribution >= 4 is 11.5 Å². The molecule has 1 saturated heterocycles. The van der Waals surface area contributed by atoms with E-state index in [0.29, 0.717) is 30.3 Å². The second kappa shape index (κ2) is 5.83. The van der Waals surface area contributed by atoms with Gasteiger partial charge in [0.25, 0.3) is 0 Å². The van der Waals surface area contributed by atoms with Crippen LogP contribution < -0.4 is 15.4 Å². The lowest BCUT2D eigenvalue weighted by Crippen LogP contribution is -2.49. The maximum Gasteiger partial charge on any atom is 0.242 e. The SMILES string of the molecule is CCCOc1ncnc(N2CCOC3CCCC32)c1N. The Kier molecular flexibility index (Phi) is 3.91. The summed E-state index contributed by atoms with van der Waals surface area (Å²) < 4.78 is 11.4. The number of morpholine rings is 1. The van der Waals surface area contributed by atoms with E-state index in [1.54, 1.807) is 0 Å². The summed E-state index contributed by atoms with van der Waals surface area (Å²) in [6, 6.07) is 0.389. The van der Waals surface area contributed by atoms with Crippen LogP contribution in [0.15, 0.2) is 6.33 Å². The Labute approximate surface area is 119 Å². The first-order valence-corrected chi connectivity index (χ1v) is 7.42. The number of fused-ring (bicyclic) bond motifs is 1. The number of hydrogen-bond acceptors (Lipinski definition) is 6. The number of nitrogens with zero attached hydrogens (tertiary/aromatic N) is 3. The first-order chi connectivity index (χ1) is 9.81. The van der Waals surface area contributed by atoms with E-state index in [1.807, 2.05) is 0 Å². The molecular weight excluding hydrogens is 256 g/mol. The van der Waals surface area contributed by atoms with Gasteiger partial charge in [0.2, 0.25) is 5.88 Å². The van der Waals surface area contributed by atoms with Crippen molar-refractivity contribution in [1.29, 1.82) is 0 Å². The molecule has 1 aliphatic carbocycles. The normalized spacial score (nSPS) is 25.6. The second-order valence-electron chi connectivity index (χ2n) is 5.37. The van der Waals surface area contributed by atoms with E-state index in [-0.39, 0.29) is 0 Å². The molecule has 2 N–H and O–H groups in total. The van der Waals surface area contributed by atoms with E-state index in [4.69, 9.17) is 15.2 Å². The van der Waals surface area contributed by atoms with Crippen molar-refractivity contribution < 1.29 is 9.47 Å². The largest absolute Gasteiger partial charge is 0.476 e. The van der Waals surface area contributed by atoms with Crippen molar-refractivity contribution in [1.82, 2.24) is 9.97 Å². The van der Waals surface area contributed by atoms with Gasteiger partial charge < -0.3 is 20.1 Å². The van der Waals surface area contributed by atoms with Gasteiger partial charge in [-0.2, -0.15) is 4.98 Å². The molecule has 2 atom stereocenters. The topological polar surface area (TPSA) is 73.5 Å². The van der Waals surface area contributed by atoms with E-state index in [9.17, 15) is 0 Å². The molecule has 0 radical (unpaired) electrons. The minimum absolute atomic E-state index is 0.318. The molecule has 20 heavy (non-hydrogen) atoms. The van der Waals surface area contributed by atoms with Crippen molar-refractivity contribution in [2.45, 2.75) is 44.8 Å². The van der Waals surface area contributed by atoms with Gasteiger partial charge in [0.15, 0.2) is 5.82 Å². The van der Waals surface area contributed by atoms with Crippen LogP contribution >= 0.6 is 0 Å². The zero-order valence-corrected chi connectivity index (χ0v) is 11.9. The number of aromatic nitrogens is 2. The molecule has 1 aromatic heterocycles. The first kappa shape index (κ1) is 13.4. The lowest BCUT2D eigenvalue weighted by atomic mass is 10.1. The van der Waals surface area contributed by atoms with Gasteiger partial charge in [0.05, 0.1) is 25.4 Å². The number of anilines is 2. The van der Waals surface area contributed by atoms with Gasteiger partial charge in [-0.1, -0.05) is 6.92 Å². The van der Waals surface area contributed by atoms with Crippen molar-refractivity contribution in [3.05, 3.63) is 6.33 Å². The maximum atomic E-state index is 6.21. The van der Waals surface area contributed by atoms with Gasteiger partial charge >= 0.3 is 0 Å². The Balaban J connectivity index is 1.85. The van der Waals surface area contributed by atoms with Gasteiger partial charge in [0.1, 0.15) is 12.0 Å². The fourth-order valence-corrected chi connectivity index (χ4v) is 3.10. The van der Waals surface area contributed by atoms with Gasteiger partial charge in [-0.25, -0.2) is 4.98 Å². The maximum absolute atomic E-state index is 6.21. The fraction of sp³-hybridized carbons (Fsp3) is 0.714. The quantitative estimate of drug-likeness (QED) is 0.902. The van der Waals surface area contributed by atoms with Crippen LogP contribution in [0.3, 0.4) is 0 Å². The summed E-state index contributed by atoms with van der Waals surface area (Å²) in [5.41, 5.74) is 6.75. The number of hydrogen-bond donors (Lipinski definition) is 1. The molecule has 0 bridgehead atoms. The zero-order chi connectivity index (χ0) is 13.9. The summed E-state index contributed by atoms with van der Waals surface area (Å²) in [5.74, 6) is 1.30. The smallest absolute Gasteiger partial charge is 0.242 e. The highest BCUT2D eigenvalue weighted by Gasteiger charge is 2.37. The molecule has 2 fully saturated rings. The molecule has 1 aliphatic heterocycles. The first-order valence-electron chi connectivity index (χ1n) is 7.42. The summed E-state index contributed by atoms with van der Waals surface area (Å²) in [6.07, 6.45) is 6.26. The Morgan fingerprint density at radius 3 is 3.20 bits per heavy atom. The van der Waals surface area contributed by atoms with E-state index in [2.05, 4.69) is 21.8 Å². The van der Waals surface area contributed by atoms with Gasteiger partial charge in [-0.3, -0.25) is 0 Å². The molecule has 2 unspecified atom stereocenters. The summed E-state index contributed by atoms with van der Waals surface area (Å²) >= 11 is 0. The van der Waals surface area contributed by atoms with Crippen LogP contribution in [0, 0.1) is 0 Å². The average molecular weight is 278 g/mol. The number of rotatable bonds is 4. The highest BCUT2D eigenvalue weighted by Crippen LogP contribution is 2.36. The Morgan fingerprint density at radius 1 is 1.45 bits per heavy atom. The fourth-order valence-electron chi connectivity index (χ4n) is 3.10. The molecular formula is C14H22N4O2. The highest BCUT2D eigenvalue weighted by atomic mass is 16.5. The number of nitrogens with two attached hydrogens (primary N) is 1. The van der Waals surface area contributed by atoms with Crippen molar-refractivity contribution in [2.75, 3.05) is 30.4 Å². The molecule has 6 nitrogen and oxygen atoms in total. The summed E-state index contributed by atoms with van der Waals surface area (Å²) in [6.45, 7) is 4.24. The molecule has 1 saturated carbocycles. The predicted octanol–water partition coefficient (Wildman–Crippen LogP) is 1.61. The third-order valence-corrected chi connectivity index (χ3v) is 4.02. The van der Waals surface area contributed by atoms with Gasteiger partial charge in [0, 0.05) is 6.54 Å². The molecule has 0 amide bonds. The van der Waals surface area contributed by atoms with Gasteiger partial charge in [-0.15, -0.1) is 0 Å². The molecule has 2 heterocycles. The second-order valence-corrected chi connectivity index (χ2v) is 5.37. The molecule has 0 aromatic carbocycles. The predicted molar refractivity (Wildman–Crippen MR) is 77.0 cm³/mol. The van der Waals surface area contributed by atoms with Crippen LogP contribution in [0.1, 0.15) is 32.6 Å². The standard InChI is InChI=1S/C14H22N4O2/c1-2-7-20-14-12(15)13(16-9-17-14)18-6-8-19-11-5-3-4-10(11)18/h9-11H,2-8,15H2,1H3. The Hall–Kier alpha value is -1.56. The molecule has 3 rings (SSSR count). The van der Waals surface area contributed by atoms with E-state index >= 15 is 0 Å². The van der Waals surface area contributed by atoms with Crippen molar-refractivity contribution in [2.24, 2.45) is 0 Å². The van der Waals surface area contributed by atoms with Crippen LogP contribution in [0.4, 0.5) is 11.5 Å². The molecule has 110 valence electrons. The summed E-state index contributed by atoms with van der Waals surface area (Å²) in [5, 5.41) is 0. The van der Waals surface area contributed by atoms with Crippen LogP contribution in [0.2, 0.25) is 0 Å². The number of nitrogen functional groups attached to an aromatic ring is 1.